The van der Waals surface area contributed by atoms with Gasteiger partial charge >= 0.3 is 0 Å². The Morgan fingerprint density at radius 3 is 2.18 bits per heavy atom. The van der Waals surface area contributed by atoms with Gasteiger partial charge in [0.15, 0.2) is 0 Å². The molecule has 2 N–H and O–H groups in total. The van der Waals surface area contributed by atoms with Gasteiger partial charge in [-0.05, 0) is 30.2 Å². The molecule has 0 aromatic heterocycles. The lowest BCUT2D eigenvalue weighted by atomic mass is 10.1. The molecule has 0 saturated heterocycles. The maximum atomic E-state index is 11.8. The Bertz CT molecular complexity index is 591. The van der Waals surface area contributed by atoms with Gasteiger partial charge in [-0.2, -0.15) is 0 Å². The highest BCUT2D eigenvalue weighted by Gasteiger charge is 2.01. The van der Waals surface area contributed by atoms with Crippen LogP contribution in [-0.4, -0.2) is 19.6 Å². The summed E-state index contributed by atoms with van der Waals surface area (Å²) in [5, 5.41) is 6.03. The highest BCUT2D eigenvalue weighted by Crippen LogP contribution is 2.10. The maximum absolute atomic E-state index is 11.8. The van der Waals surface area contributed by atoms with E-state index in [1.807, 2.05) is 55.5 Å². The normalized spacial score (nSPS) is 10.3. The Labute approximate surface area is 131 Å². The van der Waals surface area contributed by atoms with Gasteiger partial charge in [0.1, 0.15) is 5.75 Å². The molecule has 2 aromatic rings. The first-order valence-electron chi connectivity index (χ1n) is 7.33. The van der Waals surface area contributed by atoms with Crippen LogP contribution in [0.4, 0.5) is 0 Å². The molecule has 0 aliphatic heterocycles. The third kappa shape index (κ3) is 5.22. The van der Waals surface area contributed by atoms with Crippen LogP contribution in [0.1, 0.15) is 16.7 Å². The first kappa shape index (κ1) is 16.0. The van der Waals surface area contributed by atoms with Gasteiger partial charge < -0.3 is 15.4 Å². The molecular weight excluding hydrogens is 276 g/mol. The number of hydrogen-bond acceptors (Lipinski definition) is 3. The van der Waals surface area contributed by atoms with E-state index >= 15 is 0 Å². The van der Waals surface area contributed by atoms with Crippen LogP contribution in [0.5, 0.6) is 5.75 Å². The van der Waals surface area contributed by atoms with E-state index in [2.05, 4.69) is 10.6 Å². The zero-order valence-electron chi connectivity index (χ0n) is 13.1. The minimum Gasteiger partial charge on any atom is -0.497 e. The molecule has 0 unspecified atom stereocenters. The van der Waals surface area contributed by atoms with Gasteiger partial charge in [0, 0.05) is 13.1 Å². The highest BCUT2D eigenvalue weighted by molar-refractivity contribution is 5.77. The number of hydrogen-bond donors (Lipinski definition) is 2. The van der Waals surface area contributed by atoms with Gasteiger partial charge in [-0.25, -0.2) is 0 Å². The van der Waals surface area contributed by atoms with Gasteiger partial charge in [0.05, 0.1) is 13.7 Å². The van der Waals surface area contributed by atoms with E-state index in [-0.39, 0.29) is 5.91 Å². The first-order chi connectivity index (χ1) is 10.7. The Balaban J connectivity index is 1.67. The highest BCUT2D eigenvalue weighted by atomic mass is 16.5. The van der Waals surface area contributed by atoms with Crippen molar-refractivity contribution in [3.8, 4) is 5.75 Å². The van der Waals surface area contributed by atoms with Crippen molar-refractivity contribution in [2.24, 2.45) is 0 Å². The molecule has 1 amide bonds. The molecule has 0 aliphatic carbocycles. The second kappa shape index (κ2) is 8.20. The minimum absolute atomic E-state index is 0.00548. The molecule has 2 aromatic carbocycles. The Hall–Kier alpha value is -2.33. The summed E-state index contributed by atoms with van der Waals surface area (Å²) in [6, 6.07) is 15.9. The van der Waals surface area contributed by atoms with Crippen molar-refractivity contribution in [1.82, 2.24) is 10.6 Å². The molecule has 4 nitrogen and oxygen atoms in total. The lowest BCUT2D eigenvalue weighted by molar-refractivity contribution is -0.120. The number of amides is 1. The summed E-state index contributed by atoms with van der Waals surface area (Å²) in [5.41, 5.74) is 3.44. The van der Waals surface area contributed by atoms with Crippen LogP contribution in [-0.2, 0) is 17.9 Å². The molecule has 22 heavy (non-hydrogen) atoms. The first-order valence-corrected chi connectivity index (χ1v) is 7.33. The third-order valence-corrected chi connectivity index (χ3v) is 3.38. The molecule has 116 valence electrons. The smallest absolute Gasteiger partial charge is 0.234 e. The van der Waals surface area contributed by atoms with Crippen molar-refractivity contribution in [3.63, 3.8) is 0 Å². The van der Waals surface area contributed by atoms with Crippen LogP contribution in [0.2, 0.25) is 0 Å². The minimum atomic E-state index is -0.00548. The molecule has 0 aliphatic rings. The summed E-state index contributed by atoms with van der Waals surface area (Å²) >= 11 is 0. The number of nitrogens with one attached hydrogen (secondary N) is 2. The Kier molecular flexibility index (Phi) is 5.98. The van der Waals surface area contributed by atoms with E-state index in [0.717, 1.165) is 16.9 Å². The van der Waals surface area contributed by atoms with Crippen LogP contribution in [0.15, 0.2) is 48.5 Å². The van der Waals surface area contributed by atoms with E-state index in [1.54, 1.807) is 7.11 Å². The number of carbonyl (C=O) groups is 1. The van der Waals surface area contributed by atoms with Crippen LogP contribution in [0.3, 0.4) is 0 Å². The third-order valence-electron chi connectivity index (χ3n) is 3.38. The van der Waals surface area contributed by atoms with E-state index in [9.17, 15) is 4.79 Å². The fourth-order valence-corrected chi connectivity index (χ4v) is 2.03. The van der Waals surface area contributed by atoms with Crippen molar-refractivity contribution < 1.29 is 9.53 Å². The van der Waals surface area contributed by atoms with Crippen molar-refractivity contribution in [1.29, 1.82) is 0 Å². The fourth-order valence-electron chi connectivity index (χ4n) is 2.03. The molecule has 2 rings (SSSR count). The zero-order chi connectivity index (χ0) is 15.8. The second-order valence-electron chi connectivity index (χ2n) is 5.21. The number of carbonyl (C=O) groups excluding carboxylic acids is 1. The van der Waals surface area contributed by atoms with E-state index < -0.39 is 0 Å². The average molecular weight is 298 g/mol. The lowest BCUT2D eigenvalue weighted by Gasteiger charge is -2.08. The average Bonchev–Trinajstić information content (AvgIpc) is 2.55. The predicted octanol–water partition coefficient (Wildman–Crippen LogP) is 2.41. The monoisotopic (exact) mass is 298 g/mol. The number of methoxy groups -OCH3 is 1. The van der Waals surface area contributed by atoms with E-state index in [1.165, 1.54) is 5.56 Å². The standard InChI is InChI=1S/C18H22N2O2/c1-14-3-5-16(6-4-14)12-20-18(21)13-19-11-15-7-9-17(22-2)10-8-15/h3-10,19H,11-13H2,1-2H3,(H,20,21). The Morgan fingerprint density at radius 2 is 1.55 bits per heavy atom. The summed E-state index contributed by atoms with van der Waals surface area (Å²) in [6.07, 6.45) is 0. The van der Waals surface area contributed by atoms with E-state index in [4.69, 9.17) is 4.74 Å². The maximum Gasteiger partial charge on any atom is 0.234 e. The number of benzene rings is 2. The van der Waals surface area contributed by atoms with Crippen molar-refractivity contribution in [2.45, 2.75) is 20.0 Å². The molecular formula is C18H22N2O2. The van der Waals surface area contributed by atoms with Gasteiger partial charge in [-0.3, -0.25) is 4.79 Å². The molecule has 4 heteroatoms. The van der Waals surface area contributed by atoms with E-state index in [0.29, 0.717) is 19.6 Å². The van der Waals surface area contributed by atoms with Gasteiger partial charge in [-0.1, -0.05) is 42.0 Å². The molecule has 0 saturated carbocycles. The molecule has 0 heterocycles. The van der Waals surface area contributed by atoms with Crippen LogP contribution in [0, 0.1) is 6.92 Å². The number of rotatable bonds is 7. The molecule has 0 fully saturated rings. The molecule has 0 radical (unpaired) electrons. The number of aryl methyl sites for hydroxylation is 1. The lowest BCUT2D eigenvalue weighted by Crippen LogP contribution is -2.33. The van der Waals surface area contributed by atoms with Crippen molar-refractivity contribution >= 4 is 5.91 Å². The SMILES string of the molecule is COc1ccc(CNCC(=O)NCc2ccc(C)cc2)cc1. The van der Waals surface area contributed by atoms with Crippen LogP contribution < -0.4 is 15.4 Å². The summed E-state index contributed by atoms with van der Waals surface area (Å²) < 4.78 is 5.11. The van der Waals surface area contributed by atoms with Gasteiger partial charge in [-0.15, -0.1) is 0 Å². The van der Waals surface area contributed by atoms with Gasteiger partial charge in [0.25, 0.3) is 0 Å². The summed E-state index contributed by atoms with van der Waals surface area (Å²) in [5.74, 6) is 0.827. The Morgan fingerprint density at radius 1 is 0.955 bits per heavy atom. The zero-order valence-corrected chi connectivity index (χ0v) is 13.1. The quantitative estimate of drug-likeness (QED) is 0.825. The second-order valence-corrected chi connectivity index (χ2v) is 5.21. The fraction of sp³-hybridized carbons (Fsp3) is 0.278. The summed E-state index contributed by atoms with van der Waals surface area (Å²) in [6.45, 7) is 3.56. The van der Waals surface area contributed by atoms with Crippen LogP contribution >= 0.6 is 0 Å². The van der Waals surface area contributed by atoms with Crippen molar-refractivity contribution in [3.05, 3.63) is 65.2 Å². The topological polar surface area (TPSA) is 50.4 Å². The largest absolute Gasteiger partial charge is 0.497 e. The van der Waals surface area contributed by atoms with Gasteiger partial charge in [0.2, 0.25) is 5.91 Å². The van der Waals surface area contributed by atoms with Crippen molar-refractivity contribution in [2.75, 3.05) is 13.7 Å². The molecule has 0 bridgehead atoms. The summed E-state index contributed by atoms with van der Waals surface area (Å²) in [4.78, 5) is 11.8. The molecule has 0 atom stereocenters. The number of ether oxygens (including phenoxy) is 1. The summed E-state index contributed by atoms with van der Waals surface area (Å²) in [7, 11) is 1.64. The molecule has 0 spiro atoms. The predicted molar refractivity (Wildman–Crippen MR) is 87.7 cm³/mol. The van der Waals surface area contributed by atoms with Crippen LogP contribution in [0.25, 0.3) is 0 Å².